The average Bonchev–Trinajstić information content (AvgIpc) is 3.53. The van der Waals surface area contributed by atoms with Gasteiger partial charge in [-0.1, -0.05) is 17.7 Å². The number of hydrogen-bond acceptors (Lipinski definition) is 7. The summed E-state index contributed by atoms with van der Waals surface area (Å²) in [7, 11) is 2.14. The number of fused-ring (bicyclic) bond motifs is 1. The summed E-state index contributed by atoms with van der Waals surface area (Å²) >= 11 is 6.54. The number of halogens is 1. The third kappa shape index (κ3) is 4.89. The van der Waals surface area contributed by atoms with E-state index in [0.717, 1.165) is 80.5 Å². The number of rotatable bonds is 6. The summed E-state index contributed by atoms with van der Waals surface area (Å²) < 4.78 is 0. The molecule has 0 radical (unpaired) electrons. The van der Waals surface area contributed by atoms with E-state index in [1.54, 1.807) is 6.20 Å². The maximum absolute atomic E-state index is 6.54. The number of piperazine rings is 1. The van der Waals surface area contributed by atoms with Gasteiger partial charge in [-0.05, 0) is 56.4 Å². The molecule has 0 bridgehead atoms. The van der Waals surface area contributed by atoms with Crippen LogP contribution in [0.5, 0.6) is 0 Å². The Morgan fingerprint density at radius 1 is 1.03 bits per heavy atom. The van der Waals surface area contributed by atoms with Crippen molar-refractivity contribution in [1.29, 1.82) is 0 Å². The normalized spacial score (nSPS) is 19.3. The number of anilines is 2. The van der Waals surface area contributed by atoms with Gasteiger partial charge >= 0.3 is 0 Å². The standard InChI is InChI=1S/C27H31ClN8/c1-34-11-9-21(17-34)31-24-23(28)16-30-27-25(24)32-26(33-27)19-5-7-22(8-6-19)36-14-12-35(13-15-36)18-20-4-2-3-10-29-20/h2-8,10,16,21H,9,11-15,17-18H2,1H3,(H2,30,31,32,33)/t21-/m0/s1. The number of imidazole rings is 1. The Morgan fingerprint density at radius 3 is 2.58 bits per heavy atom. The number of benzene rings is 1. The molecule has 3 aromatic heterocycles. The lowest BCUT2D eigenvalue weighted by Gasteiger charge is -2.36. The van der Waals surface area contributed by atoms with Crippen LogP contribution in [0.4, 0.5) is 11.4 Å². The molecule has 1 atom stereocenters. The summed E-state index contributed by atoms with van der Waals surface area (Å²) in [5, 5.41) is 4.23. The van der Waals surface area contributed by atoms with Crippen molar-refractivity contribution in [2.75, 3.05) is 56.5 Å². The molecule has 186 valence electrons. The number of hydrogen-bond donors (Lipinski definition) is 2. The van der Waals surface area contributed by atoms with Crippen molar-refractivity contribution in [3.05, 3.63) is 65.6 Å². The molecule has 0 saturated carbocycles. The lowest BCUT2D eigenvalue weighted by Crippen LogP contribution is -2.46. The molecular weight excluding hydrogens is 472 g/mol. The summed E-state index contributed by atoms with van der Waals surface area (Å²) in [4.78, 5) is 24.4. The molecule has 2 N–H and O–H groups in total. The van der Waals surface area contributed by atoms with Gasteiger partial charge < -0.3 is 20.1 Å². The molecule has 5 heterocycles. The van der Waals surface area contributed by atoms with E-state index in [-0.39, 0.29) is 0 Å². The molecule has 2 aliphatic heterocycles. The van der Waals surface area contributed by atoms with Gasteiger partial charge in [-0.3, -0.25) is 9.88 Å². The molecule has 0 amide bonds. The molecule has 1 aromatic carbocycles. The van der Waals surface area contributed by atoms with Gasteiger partial charge in [-0.15, -0.1) is 0 Å². The molecular formula is C27H31ClN8. The van der Waals surface area contributed by atoms with E-state index >= 15 is 0 Å². The Labute approximate surface area is 216 Å². The topological polar surface area (TPSA) is 76.2 Å². The number of likely N-dealkylation sites (tertiary alicyclic amines) is 1. The Kier molecular flexibility index (Phi) is 6.48. The zero-order valence-electron chi connectivity index (χ0n) is 20.5. The van der Waals surface area contributed by atoms with Crippen LogP contribution in [0.1, 0.15) is 12.1 Å². The van der Waals surface area contributed by atoms with Crippen LogP contribution in [0.25, 0.3) is 22.6 Å². The van der Waals surface area contributed by atoms with Crippen LogP contribution in [0.3, 0.4) is 0 Å². The second-order valence-corrected chi connectivity index (χ2v) is 10.2. The molecule has 2 aliphatic rings. The van der Waals surface area contributed by atoms with Crippen LogP contribution in [0.15, 0.2) is 54.9 Å². The number of aromatic amines is 1. The average molecular weight is 503 g/mol. The summed E-state index contributed by atoms with van der Waals surface area (Å²) in [6.07, 6.45) is 4.65. The minimum atomic E-state index is 0.369. The van der Waals surface area contributed by atoms with Crippen LogP contribution in [-0.2, 0) is 6.54 Å². The largest absolute Gasteiger partial charge is 0.378 e. The van der Waals surface area contributed by atoms with Crippen LogP contribution in [0.2, 0.25) is 5.02 Å². The Hall–Kier alpha value is -3.20. The van der Waals surface area contributed by atoms with Gasteiger partial charge in [0.25, 0.3) is 0 Å². The van der Waals surface area contributed by atoms with E-state index in [1.165, 1.54) is 5.69 Å². The van der Waals surface area contributed by atoms with Crippen molar-refractivity contribution < 1.29 is 0 Å². The first-order chi connectivity index (χ1) is 17.6. The smallest absolute Gasteiger partial charge is 0.180 e. The maximum atomic E-state index is 6.54. The van der Waals surface area contributed by atoms with E-state index in [0.29, 0.717) is 16.7 Å². The zero-order valence-corrected chi connectivity index (χ0v) is 21.2. The van der Waals surface area contributed by atoms with Crippen LogP contribution >= 0.6 is 11.6 Å². The number of H-pyrrole nitrogens is 1. The quantitative estimate of drug-likeness (QED) is 0.411. The first kappa shape index (κ1) is 23.2. The summed E-state index contributed by atoms with van der Waals surface area (Å²) in [6.45, 7) is 7.06. The van der Waals surface area contributed by atoms with Crippen LogP contribution in [-0.4, -0.2) is 82.1 Å². The lowest BCUT2D eigenvalue weighted by atomic mass is 10.1. The number of likely N-dealkylation sites (N-methyl/N-ethyl adjacent to an activating group) is 1. The summed E-state index contributed by atoms with van der Waals surface area (Å²) in [5.41, 5.74) is 5.83. The number of pyridine rings is 2. The second-order valence-electron chi connectivity index (χ2n) is 9.79. The van der Waals surface area contributed by atoms with Gasteiger partial charge in [0.05, 0.1) is 22.6 Å². The summed E-state index contributed by atoms with van der Waals surface area (Å²) in [5.74, 6) is 0.804. The minimum Gasteiger partial charge on any atom is -0.378 e. The third-order valence-electron chi connectivity index (χ3n) is 7.20. The molecule has 2 saturated heterocycles. The van der Waals surface area contributed by atoms with Crippen LogP contribution in [0, 0.1) is 0 Å². The van der Waals surface area contributed by atoms with Crippen molar-refractivity contribution in [3.63, 3.8) is 0 Å². The lowest BCUT2D eigenvalue weighted by molar-refractivity contribution is 0.247. The number of aromatic nitrogens is 4. The molecule has 4 aromatic rings. The highest BCUT2D eigenvalue weighted by molar-refractivity contribution is 6.34. The van der Waals surface area contributed by atoms with Gasteiger partial charge in [-0.25, -0.2) is 9.97 Å². The molecule has 2 fully saturated rings. The Balaban J connectivity index is 1.14. The van der Waals surface area contributed by atoms with Gasteiger partial charge in [-0.2, -0.15) is 0 Å². The van der Waals surface area contributed by atoms with Gasteiger partial charge in [0.2, 0.25) is 0 Å². The fourth-order valence-electron chi connectivity index (χ4n) is 5.18. The first-order valence-corrected chi connectivity index (χ1v) is 13.0. The van der Waals surface area contributed by atoms with Crippen LogP contribution < -0.4 is 10.2 Å². The van der Waals surface area contributed by atoms with E-state index in [9.17, 15) is 0 Å². The van der Waals surface area contributed by atoms with Crippen molar-refractivity contribution >= 4 is 34.1 Å². The fourth-order valence-corrected chi connectivity index (χ4v) is 5.38. The number of nitrogens with one attached hydrogen (secondary N) is 2. The predicted octanol–water partition coefficient (Wildman–Crippen LogP) is 4.11. The highest BCUT2D eigenvalue weighted by atomic mass is 35.5. The molecule has 6 rings (SSSR count). The van der Waals surface area contributed by atoms with E-state index < -0.39 is 0 Å². The monoisotopic (exact) mass is 502 g/mol. The van der Waals surface area contributed by atoms with Gasteiger partial charge in [0, 0.05) is 62.8 Å². The number of nitrogens with zero attached hydrogens (tertiary/aromatic N) is 6. The van der Waals surface area contributed by atoms with E-state index in [2.05, 4.69) is 78.4 Å². The van der Waals surface area contributed by atoms with Gasteiger partial charge in [0.15, 0.2) is 5.65 Å². The van der Waals surface area contributed by atoms with Crippen molar-refractivity contribution in [2.45, 2.75) is 19.0 Å². The highest BCUT2D eigenvalue weighted by Gasteiger charge is 2.22. The molecule has 0 unspecified atom stereocenters. The fraction of sp³-hybridized carbons (Fsp3) is 0.370. The molecule has 36 heavy (non-hydrogen) atoms. The Morgan fingerprint density at radius 2 is 1.86 bits per heavy atom. The van der Waals surface area contributed by atoms with Crippen molar-refractivity contribution in [1.82, 2.24) is 29.7 Å². The molecule has 9 heteroatoms. The minimum absolute atomic E-state index is 0.369. The molecule has 0 spiro atoms. The third-order valence-corrected chi connectivity index (χ3v) is 7.49. The molecule has 8 nitrogen and oxygen atoms in total. The Bertz CT molecular complexity index is 1320. The zero-order chi connectivity index (χ0) is 24.5. The van der Waals surface area contributed by atoms with Gasteiger partial charge in [0.1, 0.15) is 11.3 Å². The van der Waals surface area contributed by atoms with E-state index in [4.69, 9.17) is 16.6 Å². The summed E-state index contributed by atoms with van der Waals surface area (Å²) in [6, 6.07) is 15.1. The predicted molar refractivity (Wildman–Crippen MR) is 146 cm³/mol. The van der Waals surface area contributed by atoms with Crippen molar-refractivity contribution in [3.8, 4) is 11.4 Å². The molecule has 0 aliphatic carbocycles. The van der Waals surface area contributed by atoms with E-state index in [1.807, 2.05) is 12.3 Å². The van der Waals surface area contributed by atoms with Crippen molar-refractivity contribution in [2.24, 2.45) is 0 Å². The highest BCUT2D eigenvalue weighted by Crippen LogP contribution is 2.32. The maximum Gasteiger partial charge on any atom is 0.180 e. The second kappa shape index (κ2) is 10.0. The SMILES string of the molecule is CN1CC[C@H](Nc2c(Cl)cnc3nc(-c4ccc(N5CCN(Cc6ccccn6)CC5)cc4)[nH]c23)C1. The first-order valence-electron chi connectivity index (χ1n) is 12.6.